The van der Waals surface area contributed by atoms with E-state index in [0.29, 0.717) is 39.0 Å². The Morgan fingerprint density at radius 1 is 0.702 bits per heavy atom. The summed E-state index contributed by atoms with van der Waals surface area (Å²) in [6.45, 7) is 4.97. The summed E-state index contributed by atoms with van der Waals surface area (Å²) < 4.78 is 9.89. The van der Waals surface area contributed by atoms with Gasteiger partial charge >= 0.3 is 0 Å². The molecule has 2 aliphatic carbocycles. The molecule has 2 saturated carbocycles. The molecule has 4 atom stereocenters. The predicted octanol–water partition coefficient (Wildman–Crippen LogP) is 8.52. The molecule has 0 aromatic heterocycles. The molecule has 11 heteroatoms. The lowest BCUT2D eigenvalue weighted by Gasteiger charge is -2.40. The summed E-state index contributed by atoms with van der Waals surface area (Å²) in [6.07, 6.45) is 12.7. The minimum Gasteiger partial charge on any atom is -0.396 e. The number of hydrogen-bond donors (Lipinski definition) is 3. The Labute approximate surface area is 303 Å². The standard InChI is InChI=1S/C14H19Cl2NO.C14H15Cl2NO.2C4H8O.B/c2*15-12-4-3-11(6-13(12)16)14(9-17)5-1-2-10(7-14)8-18;2*1-2-4-5-3-1;/h3-4,6,10,18H,1-2,5,7-9,17H2;3-4,6,10,18H,1-2,5,7-8H2;2*1-4H2;/t2*10-,14-;;;/m11.../s1. The second kappa shape index (κ2) is 21.9. The van der Waals surface area contributed by atoms with Crippen molar-refractivity contribution in [2.75, 3.05) is 46.2 Å². The van der Waals surface area contributed by atoms with Crippen molar-refractivity contribution in [2.45, 2.75) is 87.9 Å². The summed E-state index contributed by atoms with van der Waals surface area (Å²) in [4.78, 5) is 0. The zero-order chi connectivity index (χ0) is 33.4. The number of aliphatic hydroxyl groups is 2. The van der Waals surface area contributed by atoms with Crippen LogP contribution >= 0.6 is 46.4 Å². The molecular formula is C36H50BCl4N2O4. The van der Waals surface area contributed by atoms with Crippen molar-refractivity contribution in [1.82, 2.24) is 0 Å². The van der Waals surface area contributed by atoms with E-state index in [4.69, 9.17) is 61.6 Å². The highest BCUT2D eigenvalue weighted by atomic mass is 35.5. The molecule has 0 spiro atoms. The second-order valence-corrected chi connectivity index (χ2v) is 14.5. The third-order valence-electron chi connectivity index (χ3n) is 9.58. The fourth-order valence-electron chi connectivity index (χ4n) is 6.82. The number of rotatable bonds is 5. The van der Waals surface area contributed by atoms with Crippen molar-refractivity contribution < 1.29 is 19.7 Å². The number of benzene rings is 2. The first-order chi connectivity index (χ1) is 22.2. The van der Waals surface area contributed by atoms with Crippen LogP contribution in [0.4, 0.5) is 0 Å². The number of aliphatic hydroxyl groups excluding tert-OH is 2. The Morgan fingerprint density at radius 3 is 1.60 bits per heavy atom. The Balaban J connectivity index is 0.000000248. The van der Waals surface area contributed by atoms with Gasteiger partial charge in [0.25, 0.3) is 0 Å². The van der Waals surface area contributed by atoms with E-state index < -0.39 is 5.41 Å². The van der Waals surface area contributed by atoms with Gasteiger partial charge in [0.05, 0.1) is 31.6 Å². The van der Waals surface area contributed by atoms with Gasteiger partial charge in [0.15, 0.2) is 0 Å². The molecular weight excluding hydrogens is 677 g/mol. The van der Waals surface area contributed by atoms with E-state index in [2.05, 4.69) is 6.07 Å². The van der Waals surface area contributed by atoms with E-state index in [1.807, 2.05) is 24.3 Å². The van der Waals surface area contributed by atoms with Gasteiger partial charge in [-0.05, 0) is 111 Å². The summed E-state index contributed by atoms with van der Waals surface area (Å²) in [7, 11) is 0. The van der Waals surface area contributed by atoms with E-state index in [1.54, 1.807) is 12.1 Å². The second-order valence-electron chi connectivity index (χ2n) is 12.9. The molecule has 0 bridgehead atoms. The molecule has 2 saturated heterocycles. The number of nitrogens with zero attached hydrogens (tertiary/aromatic N) is 1. The summed E-state index contributed by atoms with van der Waals surface area (Å²) in [6, 6.07) is 13.6. The van der Waals surface area contributed by atoms with Crippen molar-refractivity contribution >= 4 is 54.8 Å². The van der Waals surface area contributed by atoms with Crippen molar-refractivity contribution in [1.29, 1.82) is 5.26 Å². The van der Waals surface area contributed by atoms with Crippen LogP contribution < -0.4 is 5.73 Å². The Bertz CT molecular complexity index is 1220. The molecule has 3 radical (unpaired) electrons. The van der Waals surface area contributed by atoms with Gasteiger partial charge < -0.3 is 25.4 Å². The van der Waals surface area contributed by atoms with Crippen LogP contribution in [0.25, 0.3) is 0 Å². The zero-order valence-corrected chi connectivity index (χ0v) is 30.4. The molecule has 4 N–H and O–H groups in total. The predicted molar refractivity (Wildman–Crippen MR) is 195 cm³/mol. The average Bonchev–Trinajstić information content (AvgIpc) is 3.88. The Hall–Kier alpha value is -1.05. The molecule has 2 aromatic rings. The fraction of sp³-hybridized carbons (Fsp3) is 0.639. The minimum atomic E-state index is -0.528. The van der Waals surface area contributed by atoms with Crippen LogP contribution in [0.2, 0.25) is 20.1 Å². The third kappa shape index (κ3) is 12.7. The molecule has 2 aliphatic heterocycles. The van der Waals surface area contributed by atoms with Crippen molar-refractivity contribution in [3.8, 4) is 6.07 Å². The molecule has 47 heavy (non-hydrogen) atoms. The van der Waals surface area contributed by atoms with Gasteiger partial charge in [-0.15, -0.1) is 0 Å². The summed E-state index contributed by atoms with van der Waals surface area (Å²) >= 11 is 24.0. The number of ether oxygens (including phenoxy) is 2. The van der Waals surface area contributed by atoms with Gasteiger partial charge in [0.1, 0.15) is 0 Å². The first-order valence-corrected chi connectivity index (χ1v) is 18.1. The molecule has 2 heterocycles. The lowest BCUT2D eigenvalue weighted by molar-refractivity contribution is 0.144. The van der Waals surface area contributed by atoms with Crippen LogP contribution in [0.5, 0.6) is 0 Å². The maximum absolute atomic E-state index is 9.56. The first-order valence-electron chi connectivity index (χ1n) is 16.6. The molecule has 6 rings (SSSR count). The zero-order valence-electron chi connectivity index (χ0n) is 27.4. The maximum Gasteiger partial charge on any atom is 0.0826 e. The van der Waals surface area contributed by atoms with Gasteiger partial charge in [0, 0.05) is 60.0 Å². The van der Waals surface area contributed by atoms with Crippen LogP contribution in [0.1, 0.15) is 88.2 Å². The molecule has 0 unspecified atom stereocenters. The van der Waals surface area contributed by atoms with Gasteiger partial charge in [-0.1, -0.05) is 71.4 Å². The first kappa shape index (κ1) is 42.1. The van der Waals surface area contributed by atoms with Crippen LogP contribution in [0.3, 0.4) is 0 Å². The number of nitrogens with two attached hydrogens (primary N) is 1. The molecule has 2 aromatic carbocycles. The maximum atomic E-state index is 9.56. The van der Waals surface area contributed by atoms with Gasteiger partial charge in [-0.2, -0.15) is 5.26 Å². The average molecular weight is 727 g/mol. The Morgan fingerprint density at radius 2 is 1.17 bits per heavy atom. The van der Waals surface area contributed by atoms with Crippen molar-refractivity contribution in [3.05, 3.63) is 67.6 Å². The van der Waals surface area contributed by atoms with Gasteiger partial charge in [0.2, 0.25) is 0 Å². The lowest BCUT2D eigenvalue weighted by Crippen LogP contribution is -2.40. The monoisotopic (exact) mass is 725 g/mol. The molecule has 6 nitrogen and oxygen atoms in total. The van der Waals surface area contributed by atoms with E-state index in [9.17, 15) is 15.5 Å². The van der Waals surface area contributed by atoms with E-state index in [-0.39, 0.29) is 33.0 Å². The van der Waals surface area contributed by atoms with Crippen LogP contribution in [-0.2, 0) is 20.3 Å². The van der Waals surface area contributed by atoms with Crippen LogP contribution in [0.15, 0.2) is 36.4 Å². The normalized spacial score (nSPS) is 26.6. The topological polar surface area (TPSA) is 109 Å². The number of hydrogen-bond acceptors (Lipinski definition) is 6. The minimum absolute atomic E-state index is 0. The fourth-order valence-corrected chi connectivity index (χ4v) is 7.42. The lowest BCUT2D eigenvalue weighted by atomic mass is 9.66. The highest BCUT2D eigenvalue weighted by molar-refractivity contribution is 6.42. The van der Waals surface area contributed by atoms with Gasteiger partial charge in [-0.25, -0.2) is 0 Å². The molecule has 0 amide bonds. The molecule has 4 fully saturated rings. The Kier molecular flexibility index (Phi) is 19.6. The smallest absolute Gasteiger partial charge is 0.0826 e. The van der Waals surface area contributed by atoms with Crippen molar-refractivity contribution in [2.24, 2.45) is 17.6 Å². The third-order valence-corrected chi connectivity index (χ3v) is 11.1. The highest BCUT2D eigenvalue weighted by Gasteiger charge is 2.38. The summed E-state index contributed by atoms with van der Waals surface area (Å²) in [5.74, 6) is 0.546. The number of halogens is 4. The molecule has 4 aliphatic rings. The van der Waals surface area contributed by atoms with E-state index in [0.717, 1.165) is 82.5 Å². The van der Waals surface area contributed by atoms with E-state index in [1.165, 1.54) is 25.7 Å². The van der Waals surface area contributed by atoms with Gasteiger partial charge in [-0.3, -0.25) is 0 Å². The largest absolute Gasteiger partial charge is 0.396 e. The van der Waals surface area contributed by atoms with E-state index >= 15 is 0 Å². The SMILES string of the molecule is C1CCOC1.C1CCOC1.N#C[C@@]1(c2ccc(Cl)c(Cl)c2)CCC[C@@H](CO)C1.NC[C@@]1(c2ccc(Cl)c(Cl)c2)CCC[C@@H](CO)C1.[B]. The van der Waals surface area contributed by atoms with Crippen molar-refractivity contribution in [3.63, 3.8) is 0 Å². The van der Waals surface area contributed by atoms with Crippen LogP contribution in [0, 0.1) is 23.2 Å². The quantitative estimate of drug-likeness (QED) is 0.267. The number of nitriles is 1. The summed E-state index contributed by atoms with van der Waals surface area (Å²) in [5, 5.41) is 30.4. The summed E-state index contributed by atoms with van der Waals surface area (Å²) in [5.41, 5.74) is 7.50. The highest BCUT2D eigenvalue weighted by Crippen LogP contribution is 2.44. The van der Waals surface area contributed by atoms with Crippen LogP contribution in [-0.4, -0.2) is 64.8 Å². The molecule has 259 valence electrons.